The lowest BCUT2D eigenvalue weighted by Gasteiger charge is -2.20. The van der Waals surface area contributed by atoms with Crippen molar-refractivity contribution in [2.24, 2.45) is 0 Å². The maximum absolute atomic E-state index is 12.7. The van der Waals surface area contributed by atoms with E-state index in [0.29, 0.717) is 17.7 Å². The molecule has 1 heterocycles. The molecule has 1 aliphatic rings. The molecule has 0 radical (unpaired) electrons. The molecule has 0 aromatic heterocycles. The van der Waals surface area contributed by atoms with Gasteiger partial charge in [-0.3, -0.25) is 14.3 Å². The first-order valence-corrected chi connectivity index (χ1v) is 9.74. The van der Waals surface area contributed by atoms with Crippen LogP contribution in [0.15, 0.2) is 47.4 Å². The number of nitrogens with zero attached hydrogens (tertiary/aromatic N) is 1. The third kappa shape index (κ3) is 3.35. The van der Waals surface area contributed by atoms with Gasteiger partial charge in [0.05, 0.1) is 4.90 Å². The number of rotatable bonds is 4. The Balaban J connectivity index is 1.88. The Morgan fingerprint density at radius 3 is 2.31 bits per heavy atom. The zero-order chi connectivity index (χ0) is 19.1. The van der Waals surface area contributed by atoms with Crippen LogP contribution in [0, 0.1) is 0 Å². The van der Waals surface area contributed by atoms with Crippen molar-refractivity contribution >= 4 is 33.1 Å². The first kappa shape index (κ1) is 18.1. The Labute approximate surface area is 152 Å². The number of Topliss-reactive ketones (excluding diaryl/α,β-unsaturated/α-hetero) is 1. The molecule has 0 saturated heterocycles. The Bertz CT molecular complexity index is 981. The summed E-state index contributed by atoms with van der Waals surface area (Å²) in [5.41, 5.74) is 2.50. The van der Waals surface area contributed by atoms with E-state index in [-0.39, 0.29) is 22.6 Å². The van der Waals surface area contributed by atoms with Crippen LogP contribution in [0.4, 0.5) is 11.4 Å². The molecular formula is C19H20N2O4S. The topological polar surface area (TPSA) is 83.6 Å². The highest BCUT2D eigenvalue weighted by atomic mass is 32.2. The highest BCUT2D eigenvalue weighted by Crippen LogP contribution is 2.34. The summed E-state index contributed by atoms with van der Waals surface area (Å²) in [6.45, 7) is 4.89. The lowest BCUT2D eigenvalue weighted by Crippen LogP contribution is -2.33. The van der Waals surface area contributed by atoms with Crippen LogP contribution in [0.3, 0.4) is 0 Å². The smallest absolute Gasteiger partial charge is 0.261 e. The number of hydrogen-bond donors (Lipinski definition) is 1. The summed E-state index contributed by atoms with van der Waals surface area (Å²) in [6, 6.07) is 11.1. The van der Waals surface area contributed by atoms with Crippen molar-refractivity contribution in [1.82, 2.24) is 0 Å². The van der Waals surface area contributed by atoms with Gasteiger partial charge in [-0.05, 0) is 68.3 Å². The lowest BCUT2D eigenvalue weighted by molar-refractivity contribution is -0.116. The van der Waals surface area contributed by atoms with Crippen LogP contribution in [0.25, 0.3) is 0 Å². The van der Waals surface area contributed by atoms with E-state index < -0.39 is 10.0 Å². The van der Waals surface area contributed by atoms with Crippen LogP contribution in [-0.4, -0.2) is 26.2 Å². The number of anilines is 2. The molecule has 26 heavy (non-hydrogen) atoms. The molecule has 136 valence electrons. The summed E-state index contributed by atoms with van der Waals surface area (Å²) >= 11 is 0. The van der Waals surface area contributed by atoms with Crippen LogP contribution < -0.4 is 9.62 Å². The minimum Gasteiger partial charge on any atom is -0.309 e. The average molecular weight is 372 g/mol. The minimum absolute atomic E-state index is 0.00698. The largest absolute Gasteiger partial charge is 0.309 e. The fraction of sp³-hybridized carbons (Fsp3) is 0.263. The van der Waals surface area contributed by atoms with Gasteiger partial charge >= 0.3 is 0 Å². The number of carbonyl (C=O) groups excluding carboxylic acids is 2. The summed E-state index contributed by atoms with van der Waals surface area (Å²) < 4.78 is 27.8. The van der Waals surface area contributed by atoms with Crippen LogP contribution in [0.1, 0.15) is 36.7 Å². The second-order valence-corrected chi connectivity index (χ2v) is 8.15. The van der Waals surface area contributed by atoms with Crippen molar-refractivity contribution in [3.63, 3.8) is 0 Å². The molecule has 1 amide bonds. The maximum Gasteiger partial charge on any atom is 0.261 e. The standard InChI is InChI=1S/C19H20N2O4S/c1-12-10-16-11-18(8-9-19(16)21(12)14(3)23)26(24,25)20-17-6-4-15(5-7-17)13(2)22/h4-9,11-12,20H,10H2,1-3H3. The third-order valence-electron chi connectivity index (χ3n) is 4.46. The first-order valence-electron chi connectivity index (χ1n) is 8.25. The summed E-state index contributed by atoms with van der Waals surface area (Å²) in [5, 5.41) is 0. The van der Waals surface area contributed by atoms with Crippen molar-refractivity contribution in [3.05, 3.63) is 53.6 Å². The van der Waals surface area contributed by atoms with E-state index in [2.05, 4.69) is 4.72 Å². The van der Waals surface area contributed by atoms with Crippen LogP contribution >= 0.6 is 0 Å². The third-order valence-corrected chi connectivity index (χ3v) is 5.84. The molecule has 1 atom stereocenters. The van der Waals surface area contributed by atoms with Gasteiger partial charge < -0.3 is 4.90 Å². The van der Waals surface area contributed by atoms with Gasteiger partial charge in [0.1, 0.15) is 0 Å². The van der Waals surface area contributed by atoms with Crippen LogP contribution in [0.2, 0.25) is 0 Å². The monoisotopic (exact) mass is 372 g/mol. The first-order chi connectivity index (χ1) is 12.2. The van der Waals surface area contributed by atoms with Crippen molar-refractivity contribution < 1.29 is 18.0 Å². The second kappa shape index (κ2) is 6.57. The molecule has 3 rings (SSSR count). The minimum atomic E-state index is -3.76. The highest BCUT2D eigenvalue weighted by Gasteiger charge is 2.30. The number of sulfonamides is 1. The van der Waals surface area contributed by atoms with Gasteiger partial charge in [0, 0.05) is 29.9 Å². The summed E-state index contributed by atoms with van der Waals surface area (Å²) in [4.78, 5) is 24.9. The van der Waals surface area contributed by atoms with Crippen molar-refractivity contribution in [1.29, 1.82) is 0 Å². The number of ketones is 1. The van der Waals surface area contributed by atoms with Crippen molar-refractivity contribution in [2.75, 3.05) is 9.62 Å². The fourth-order valence-corrected chi connectivity index (χ4v) is 4.35. The summed E-state index contributed by atoms with van der Waals surface area (Å²) in [5.74, 6) is -0.141. The normalized spacial score (nSPS) is 16.3. The number of carbonyl (C=O) groups is 2. The van der Waals surface area contributed by atoms with Gasteiger partial charge in [-0.15, -0.1) is 0 Å². The van der Waals surface area contributed by atoms with E-state index in [1.807, 2.05) is 6.92 Å². The number of hydrogen-bond acceptors (Lipinski definition) is 4. The molecule has 0 bridgehead atoms. The zero-order valence-corrected chi connectivity index (χ0v) is 15.6. The Morgan fingerprint density at radius 1 is 1.08 bits per heavy atom. The van der Waals surface area contributed by atoms with Gasteiger partial charge in [0.15, 0.2) is 5.78 Å². The molecule has 0 saturated carbocycles. The van der Waals surface area contributed by atoms with E-state index in [1.54, 1.807) is 41.3 Å². The molecule has 6 nitrogen and oxygen atoms in total. The molecule has 1 unspecified atom stereocenters. The fourth-order valence-electron chi connectivity index (χ4n) is 3.24. The van der Waals surface area contributed by atoms with Gasteiger partial charge in [-0.2, -0.15) is 0 Å². The second-order valence-electron chi connectivity index (χ2n) is 6.47. The van der Waals surface area contributed by atoms with Crippen LogP contribution in [-0.2, 0) is 21.2 Å². The Kier molecular flexibility index (Phi) is 4.58. The molecule has 0 aliphatic carbocycles. The lowest BCUT2D eigenvalue weighted by atomic mass is 10.1. The van der Waals surface area contributed by atoms with Gasteiger partial charge in [-0.25, -0.2) is 8.42 Å². The molecule has 7 heteroatoms. The predicted octanol–water partition coefficient (Wildman–Crippen LogP) is 2.99. The highest BCUT2D eigenvalue weighted by molar-refractivity contribution is 7.92. The molecule has 2 aromatic carbocycles. The molecule has 1 aliphatic heterocycles. The average Bonchev–Trinajstić information content (AvgIpc) is 2.89. The van der Waals surface area contributed by atoms with E-state index >= 15 is 0 Å². The summed E-state index contributed by atoms with van der Waals surface area (Å²) in [7, 11) is -3.76. The van der Waals surface area contributed by atoms with Crippen molar-refractivity contribution in [3.8, 4) is 0 Å². The molecule has 2 aromatic rings. The Hall–Kier alpha value is -2.67. The summed E-state index contributed by atoms with van der Waals surface area (Å²) in [6.07, 6.45) is 0.617. The van der Waals surface area contributed by atoms with E-state index in [1.165, 1.54) is 19.9 Å². The number of nitrogens with one attached hydrogen (secondary N) is 1. The SMILES string of the molecule is CC(=O)c1ccc(NS(=O)(=O)c2ccc3c(c2)CC(C)N3C(C)=O)cc1. The molecular weight excluding hydrogens is 352 g/mol. The number of benzene rings is 2. The maximum atomic E-state index is 12.7. The van der Waals surface area contributed by atoms with E-state index in [0.717, 1.165) is 11.3 Å². The van der Waals surface area contributed by atoms with Gasteiger partial charge in [-0.1, -0.05) is 0 Å². The van der Waals surface area contributed by atoms with Crippen molar-refractivity contribution in [2.45, 2.75) is 38.1 Å². The van der Waals surface area contributed by atoms with Crippen LogP contribution in [0.5, 0.6) is 0 Å². The van der Waals surface area contributed by atoms with Gasteiger partial charge in [0.2, 0.25) is 5.91 Å². The zero-order valence-electron chi connectivity index (χ0n) is 14.8. The quantitative estimate of drug-likeness (QED) is 0.837. The van der Waals surface area contributed by atoms with Gasteiger partial charge in [0.25, 0.3) is 10.0 Å². The van der Waals surface area contributed by atoms with E-state index in [4.69, 9.17) is 0 Å². The molecule has 0 spiro atoms. The molecule has 0 fully saturated rings. The van der Waals surface area contributed by atoms with E-state index in [9.17, 15) is 18.0 Å². The number of amides is 1. The number of fused-ring (bicyclic) bond motifs is 1. The molecule has 1 N–H and O–H groups in total. The predicted molar refractivity (Wildman–Crippen MR) is 100 cm³/mol. The Morgan fingerprint density at radius 2 is 1.73 bits per heavy atom.